The van der Waals surface area contributed by atoms with Crippen molar-refractivity contribution in [1.29, 1.82) is 0 Å². The largest absolute Gasteiger partial charge is 0.294 e. The molecule has 0 N–H and O–H groups in total. The van der Waals surface area contributed by atoms with Crippen LogP contribution in [0.3, 0.4) is 0 Å². The molecule has 4 nitrogen and oxygen atoms in total. The average Bonchev–Trinajstić information content (AvgIpc) is 3.16. The van der Waals surface area contributed by atoms with Gasteiger partial charge in [0, 0.05) is 6.42 Å². The summed E-state index contributed by atoms with van der Waals surface area (Å²) < 4.78 is 13.9. The summed E-state index contributed by atoms with van der Waals surface area (Å²) >= 11 is 0. The standard InChI is InChI=1S/C24H28FN3O/c1-17-6-8-19(9-7-17)22-15-23(20-4-3-5-21(25)14-20)28(26-22)24(29)16-27-12-10-18(2)11-13-27/h3-9,14,18,23H,10-13,15-16H2,1-2H3. The number of carbonyl (C=O) groups excluding carboxylic acids is 1. The van der Waals surface area contributed by atoms with Gasteiger partial charge in [0.1, 0.15) is 5.82 Å². The molecule has 0 spiro atoms. The molecular formula is C24H28FN3O. The second kappa shape index (κ2) is 8.46. The lowest BCUT2D eigenvalue weighted by Gasteiger charge is -2.31. The highest BCUT2D eigenvalue weighted by molar-refractivity contribution is 6.03. The minimum Gasteiger partial charge on any atom is -0.294 e. The second-order valence-corrected chi connectivity index (χ2v) is 8.38. The normalized spacial score (nSPS) is 20.7. The van der Waals surface area contributed by atoms with E-state index in [1.54, 1.807) is 11.1 Å². The van der Waals surface area contributed by atoms with E-state index in [4.69, 9.17) is 5.10 Å². The van der Waals surface area contributed by atoms with E-state index in [1.165, 1.54) is 17.7 Å². The summed E-state index contributed by atoms with van der Waals surface area (Å²) in [7, 11) is 0. The molecule has 2 aromatic carbocycles. The number of benzene rings is 2. The van der Waals surface area contributed by atoms with Crippen molar-refractivity contribution in [3.05, 3.63) is 71.0 Å². The van der Waals surface area contributed by atoms with Gasteiger partial charge in [0.25, 0.3) is 5.91 Å². The highest BCUT2D eigenvalue weighted by Crippen LogP contribution is 2.33. The minimum atomic E-state index is -0.288. The van der Waals surface area contributed by atoms with Crippen LogP contribution in [0.5, 0.6) is 0 Å². The second-order valence-electron chi connectivity index (χ2n) is 8.38. The SMILES string of the molecule is Cc1ccc(C2=NN(C(=O)CN3CCC(C)CC3)C(c3cccc(F)c3)C2)cc1. The Kier molecular flexibility index (Phi) is 5.76. The van der Waals surface area contributed by atoms with Crippen LogP contribution in [-0.2, 0) is 4.79 Å². The number of rotatable bonds is 4. The van der Waals surface area contributed by atoms with Gasteiger partial charge in [-0.15, -0.1) is 0 Å². The number of aryl methyl sites for hydroxylation is 1. The van der Waals surface area contributed by atoms with Crippen molar-refractivity contribution < 1.29 is 9.18 Å². The first kappa shape index (κ1) is 19.8. The summed E-state index contributed by atoms with van der Waals surface area (Å²) in [6.45, 7) is 6.56. The third-order valence-electron chi connectivity index (χ3n) is 6.02. The van der Waals surface area contributed by atoms with Crippen LogP contribution in [0.1, 0.15) is 48.9 Å². The summed E-state index contributed by atoms with van der Waals surface area (Å²) in [5.74, 6) is 0.416. The van der Waals surface area contributed by atoms with E-state index in [2.05, 4.69) is 24.0 Å². The molecule has 2 aromatic rings. The molecule has 29 heavy (non-hydrogen) atoms. The van der Waals surface area contributed by atoms with Crippen molar-refractivity contribution in [2.75, 3.05) is 19.6 Å². The molecule has 2 aliphatic heterocycles. The number of nitrogens with zero attached hydrogens (tertiary/aromatic N) is 3. The molecule has 1 amide bonds. The fourth-order valence-electron chi connectivity index (χ4n) is 4.12. The Hall–Kier alpha value is -2.53. The maximum Gasteiger partial charge on any atom is 0.257 e. The number of carbonyl (C=O) groups is 1. The molecule has 2 heterocycles. The third-order valence-corrected chi connectivity index (χ3v) is 6.02. The maximum atomic E-state index is 13.9. The molecule has 5 heteroatoms. The van der Waals surface area contributed by atoms with Crippen LogP contribution in [0, 0.1) is 18.7 Å². The Morgan fingerprint density at radius 3 is 2.55 bits per heavy atom. The average molecular weight is 394 g/mol. The highest BCUT2D eigenvalue weighted by Gasteiger charge is 2.34. The molecular weight excluding hydrogens is 365 g/mol. The molecule has 4 rings (SSSR count). The Bertz CT molecular complexity index is 901. The van der Waals surface area contributed by atoms with Crippen LogP contribution in [0.4, 0.5) is 4.39 Å². The van der Waals surface area contributed by atoms with Gasteiger partial charge in [0.15, 0.2) is 0 Å². The van der Waals surface area contributed by atoms with Gasteiger partial charge in [0.05, 0.1) is 18.3 Å². The molecule has 1 unspecified atom stereocenters. The molecule has 0 aromatic heterocycles. The highest BCUT2D eigenvalue weighted by atomic mass is 19.1. The first-order valence-corrected chi connectivity index (χ1v) is 10.4. The van der Waals surface area contributed by atoms with Crippen LogP contribution >= 0.6 is 0 Å². The van der Waals surface area contributed by atoms with Gasteiger partial charge >= 0.3 is 0 Å². The molecule has 0 radical (unpaired) electrons. The van der Waals surface area contributed by atoms with Crippen molar-refractivity contribution >= 4 is 11.6 Å². The van der Waals surface area contributed by atoms with Crippen LogP contribution in [-0.4, -0.2) is 41.2 Å². The van der Waals surface area contributed by atoms with Gasteiger partial charge in [-0.05, 0) is 62.0 Å². The van der Waals surface area contributed by atoms with E-state index in [0.29, 0.717) is 13.0 Å². The summed E-state index contributed by atoms with van der Waals surface area (Å²) in [6.07, 6.45) is 2.84. The fraction of sp³-hybridized carbons (Fsp3) is 0.417. The molecule has 0 aliphatic carbocycles. The van der Waals surface area contributed by atoms with Crippen molar-refractivity contribution in [2.24, 2.45) is 11.0 Å². The Balaban J connectivity index is 1.58. The van der Waals surface area contributed by atoms with Crippen molar-refractivity contribution in [2.45, 2.75) is 39.2 Å². The van der Waals surface area contributed by atoms with Crippen LogP contribution in [0.2, 0.25) is 0 Å². The number of hydrazone groups is 1. The van der Waals surface area contributed by atoms with Crippen molar-refractivity contribution in [1.82, 2.24) is 9.91 Å². The number of hydrogen-bond donors (Lipinski definition) is 0. The molecule has 2 aliphatic rings. The van der Waals surface area contributed by atoms with E-state index >= 15 is 0 Å². The fourth-order valence-corrected chi connectivity index (χ4v) is 4.12. The van der Waals surface area contributed by atoms with Crippen molar-refractivity contribution in [3.8, 4) is 0 Å². The predicted octanol–water partition coefficient (Wildman–Crippen LogP) is 4.54. The molecule has 0 bridgehead atoms. The number of halogens is 1. The van der Waals surface area contributed by atoms with Crippen molar-refractivity contribution in [3.63, 3.8) is 0 Å². The van der Waals surface area contributed by atoms with Gasteiger partial charge in [-0.2, -0.15) is 5.10 Å². The van der Waals surface area contributed by atoms with Crippen LogP contribution < -0.4 is 0 Å². The summed E-state index contributed by atoms with van der Waals surface area (Å²) in [5.41, 5.74) is 3.86. The number of amides is 1. The first-order valence-electron chi connectivity index (χ1n) is 10.4. The van der Waals surface area contributed by atoms with E-state index < -0.39 is 0 Å². The number of likely N-dealkylation sites (tertiary alicyclic amines) is 1. The lowest BCUT2D eigenvalue weighted by molar-refractivity contribution is -0.134. The van der Waals surface area contributed by atoms with E-state index in [-0.39, 0.29) is 17.8 Å². The topological polar surface area (TPSA) is 35.9 Å². The lowest BCUT2D eigenvalue weighted by Crippen LogP contribution is -2.41. The first-order chi connectivity index (χ1) is 14.0. The summed E-state index contributed by atoms with van der Waals surface area (Å²) in [4.78, 5) is 15.4. The minimum absolute atomic E-state index is 0.0177. The number of piperidine rings is 1. The Morgan fingerprint density at radius 2 is 1.86 bits per heavy atom. The van der Waals surface area contributed by atoms with E-state index in [0.717, 1.165) is 48.7 Å². The van der Waals surface area contributed by atoms with E-state index in [9.17, 15) is 9.18 Å². The van der Waals surface area contributed by atoms with Gasteiger partial charge < -0.3 is 0 Å². The predicted molar refractivity (Wildman–Crippen MR) is 113 cm³/mol. The van der Waals surface area contributed by atoms with Crippen LogP contribution in [0.15, 0.2) is 53.6 Å². The molecule has 152 valence electrons. The van der Waals surface area contributed by atoms with Crippen LogP contribution in [0.25, 0.3) is 0 Å². The molecule has 1 fully saturated rings. The zero-order valence-electron chi connectivity index (χ0n) is 17.1. The zero-order chi connectivity index (χ0) is 20.4. The smallest absolute Gasteiger partial charge is 0.257 e. The molecule has 1 saturated heterocycles. The Labute approximate surface area is 172 Å². The Morgan fingerprint density at radius 1 is 1.14 bits per heavy atom. The molecule has 1 atom stereocenters. The zero-order valence-corrected chi connectivity index (χ0v) is 17.1. The van der Waals surface area contributed by atoms with Gasteiger partial charge in [0.2, 0.25) is 0 Å². The van der Waals surface area contributed by atoms with Gasteiger partial charge in [-0.1, -0.05) is 48.9 Å². The van der Waals surface area contributed by atoms with Gasteiger partial charge in [-0.25, -0.2) is 9.40 Å². The monoisotopic (exact) mass is 393 g/mol. The lowest BCUT2D eigenvalue weighted by atomic mass is 9.97. The van der Waals surface area contributed by atoms with E-state index in [1.807, 2.05) is 25.1 Å². The van der Waals surface area contributed by atoms with Gasteiger partial charge in [-0.3, -0.25) is 9.69 Å². The summed E-state index contributed by atoms with van der Waals surface area (Å²) in [5, 5.41) is 6.29. The number of hydrogen-bond acceptors (Lipinski definition) is 3. The molecule has 0 saturated carbocycles. The summed E-state index contributed by atoms with van der Waals surface area (Å²) in [6, 6.07) is 14.4. The third kappa shape index (κ3) is 4.56. The maximum absolute atomic E-state index is 13.9. The quantitative estimate of drug-likeness (QED) is 0.764.